The molecule has 0 saturated carbocycles. The molecule has 1 heterocycles. The third-order valence-electron chi connectivity index (χ3n) is 9.77. The van der Waals surface area contributed by atoms with E-state index >= 15 is 0 Å². The monoisotopic (exact) mass is 524 g/mol. The molecule has 0 unspecified atom stereocenters. The van der Waals surface area contributed by atoms with Crippen molar-refractivity contribution in [3.63, 3.8) is 0 Å². The lowest BCUT2D eigenvalue weighted by Gasteiger charge is -2.40. The van der Waals surface area contributed by atoms with Crippen molar-refractivity contribution in [2.75, 3.05) is 0 Å². The smallest absolute Gasteiger partial charge is 0.140 e. The maximum Gasteiger partial charge on any atom is 0.140 e. The first-order valence-corrected chi connectivity index (χ1v) is 14.5. The third kappa shape index (κ3) is 2.71. The Balaban J connectivity index is 1.40. The first kappa shape index (κ1) is 22.9. The van der Waals surface area contributed by atoms with Gasteiger partial charge < -0.3 is 4.74 Å². The molecule has 1 aliphatic heterocycles. The van der Waals surface area contributed by atoms with Gasteiger partial charge in [0.15, 0.2) is 0 Å². The van der Waals surface area contributed by atoms with E-state index in [2.05, 4.69) is 147 Å². The van der Waals surface area contributed by atoms with Gasteiger partial charge >= 0.3 is 0 Å². The summed E-state index contributed by atoms with van der Waals surface area (Å²) in [4.78, 5) is 0. The summed E-state index contributed by atoms with van der Waals surface area (Å²) in [6, 6.07) is 48.9. The summed E-state index contributed by atoms with van der Waals surface area (Å²) in [6.07, 6.45) is 0. The summed E-state index contributed by atoms with van der Waals surface area (Å²) in [5.74, 6) is 1.88. The van der Waals surface area contributed by atoms with E-state index in [-0.39, 0.29) is 5.41 Å². The van der Waals surface area contributed by atoms with Crippen molar-refractivity contribution in [2.45, 2.75) is 24.7 Å². The predicted octanol–water partition coefficient (Wildman–Crippen LogP) is 10.1. The Morgan fingerprint density at radius 2 is 0.878 bits per heavy atom. The van der Waals surface area contributed by atoms with E-state index in [1.54, 1.807) is 0 Å². The standard InChI is InChI=1S/C40H28O/c1-39(2)30-18-6-5-15-29(30)37-27(16-11-22-34(37)39)28-17-12-23-35-38(28)41-36-24-10-9-21-33(36)40(35)31-19-7-3-13-25(31)26-14-4-8-20-32(26)40/h3-24H,1-2H3. The molecule has 0 N–H and O–H groups in total. The predicted molar refractivity (Wildman–Crippen MR) is 167 cm³/mol. The molecule has 0 amide bonds. The fourth-order valence-corrected chi connectivity index (χ4v) is 8.07. The van der Waals surface area contributed by atoms with Gasteiger partial charge in [-0.25, -0.2) is 0 Å². The van der Waals surface area contributed by atoms with Gasteiger partial charge in [-0.2, -0.15) is 0 Å². The Hall–Kier alpha value is -4.88. The van der Waals surface area contributed by atoms with Crippen LogP contribution in [0.2, 0.25) is 0 Å². The average molecular weight is 525 g/mol. The molecule has 6 aromatic carbocycles. The molecule has 0 bridgehead atoms. The molecular weight excluding hydrogens is 496 g/mol. The third-order valence-corrected chi connectivity index (χ3v) is 9.77. The van der Waals surface area contributed by atoms with Gasteiger partial charge in [0.2, 0.25) is 0 Å². The van der Waals surface area contributed by atoms with Crippen LogP contribution in [0.4, 0.5) is 0 Å². The molecule has 1 nitrogen and oxygen atoms in total. The van der Waals surface area contributed by atoms with E-state index in [9.17, 15) is 0 Å². The van der Waals surface area contributed by atoms with Gasteiger partial charge in [-0.3, -0.25) is 0 Å². The number of hydrogen-bond donors (Lipinski definition) is 0. The van der Waals surface area contributed by atoms with Gasteiger partial charge in [-0.1, -0.05) is 141 Å². The van der Waals surface area contributed by atoms with Crippen molar-refractivity contribution >= 4 is 0 Å². The maximum atomic E-state index is 6.98. The second kappa shape index (κ2) is 7.86. The van der Waals surface area contributed by atoms with Gasteiger partial charge in [-0.05, 0) is 56.1 Å². The second-order valence-electron chi connectivity index (χ2n) is 12.0. The van der Waals surface area contributed by atoms with Gasteiger partial charge in [0.05, 0.1) is 5.41 Å². The largest absolute Gasteiger partial charge is 0.456 e. The molecule has 1 spiro atoms. The minimum absolute atomic E-state index is 0.0607. The zero-order valence-electron chi connectivity index (χ0n) is 23.1. The van der Waals surface area contributed by atoms with Crippen LogP contribution in [0, 0.1) is 0 Å². The molecule has 41 heavy (non-hydrogen) atoms. The summed E-state index contributed by atoms with van der Waals surface area (Å²) in [6.45, 7) is 4.69. The van der Waals surface area contributed by atoms with E-state index in [0.29, 0.717) is 0 Å². The van der Waals surface area contributed by atoms with E-state index in [4.69, 9.17) is 4.74 Å². The number of rotatable bonds is 1. The van der Waals surface area contributed by atoms with Crippen molar-refractivity contribution in [3.05, 3.63) is 167 Å². The Morgan fingerprint density at radius 1 is 0.390 bits per heavy atom. The van der Waals surface area contributed by atoms with E-state index in [1.165, 1.54) is 61.2 Å². The first-order valence-electron chi connectivity index (χ1n) is 14.5. The summed E-state index contributed by atoms with van der Waals surface area (Å²) >= 11 is 0. The fourth-order valence-electron chi connectivity index (χ4n) is 8.07. The van der Waals surface area contributed by atoms with Crippen molar-refractivity contribution in [2.24, 2.45) is 0 Å². The van der Waals surface area contributed by atoms with Crippen molar-refractivity contribution in [1.82, 2.24) is 0 Å². The Bertz CT molecular complexity index is 2020. The van der Waals surface area contributed by atoms with Crippen molar-refractivity contribution in [3.8, 4) is 44.9 Å². The summed E-state index contributed by atoms with van der Waals surface area (Å²) in [5, 5.41) is 0. The van der Waals surface area contributed by atoms with Crippen molar-refractivity contribution < 1.29 is 4.74 Å². The van der Waals surface area contributed by atoms with Crippen LogP contribution >= 0.6 is 0 Å². The Morgan fingerprint density at radius 3 is 1.59 bits per heavy atom. The van der Waals surface area contributed by atoms with Crippen LogP contribution in [-0.4, -0.2) is 0 Å². The van der Waals surface area contributed by atoms with E-state index < -0.39 is 5.41 Å². The topological polar surface area (TPSA) is 9.23 Å². The molecule has 194 valence electrons. The van der Waals surface area contributed by atoms with Crippen LogP contribution < -0.4 is 4.74 Å². The fraction of sp³-hybridized carbons (Fsp3) is 0.100. The van der Waals surface area contributed by atoms with Gasteiger partial charge in [-0.15, -0.1) is 0 Å². The molecule has 0 radical (unpaired) electrons. The first-order chi connectivity index (χ1) is 20.1. The number of hydrogen-bond acceptors (Lipinski definition) is 1. The van der Waals surface area contributed by atoms with Crippen LogP contribution in [0.5, 0.6) is 11.5 Å². The molecule has 1 heteroatoms. The van der Waals surface area contributed by atoms with E-state index in [1.807, 2.05) is 0 Å². The lowest BCUT2D eigenvalue weighted by Crippen LogP contribution is -2.32. The molecular formula is C40H28O. The summed E-state index contributed by atoms with van der Waals surface area (Å²) in [7, 11) is 0. The lowest BCUT2D eigenvalue weighted by atomic mass is 9.65. The van der Waals surface area contributed by atoms with Crippen LogP contribution in [0.25, 0.3) is 33.4 Å². The number of ether oxygens (including phenoxy) is 1. The summed E-state index contributed by atoms with van der Waals surface area (Å²) in [5.41, 5.74) is 14.9. The number of para-hydroxylation sites is 2. The second-order valence-corrected chi connectivity index (χ2v) is 12.0. The number of benzene rings is 6. The molecule has 2 aliphatic carbocycles. The van der Waals surface area contributed by atoms with Crippen LogP contribution in [-0.2, 0) is 10.8 Å². The summed E-state index contributed by atoms with van der Waals surface area (Å²) < 4.78 is 6.98. The van der Waals surface area contributed by atoms with Gasteiger partial charge in [0.1, 0.15) is 11.5 Å². The van der Waals surface area contributed by atoms with Crippen molar-refractivity contribution in [1.29, 1.82) is 0 Å². The molecule has 3 aliphatic rings. The highest BCUT2D eigenvalue weighted by molar-refractivity contribution is 5.96. The average Bonchev–Trinajstić information content (AvgIpc) is 3.44. The molecule has 9 rings (SSSR count). The minimum atomic E-state index is -0.456. The normalized spacial score (nSPS) is 15.7. The highest BCUT2D eigenvalue weighted by Crippen LogP contribution is 2.63. The van der Waals surface area contributed by atoms with Crippen LogP contribution in [0.15, 0.2) is 133 Å². The SMILES string of the molecule is CC1(C)c2ccccc2-c2c(-c3cccc4c3Oc3ccccc3C43c4ccccc4-c4ccccc43)cccc21. The maximum absolute atomic E-state index is 6.98. The highest BCUT2D eigenvalue weighted by atomic mass is 16.5. The van der Waals surface area contributed by atoms with Crippen LogP contribution in [0.1, 0.15) is 47.2 Å². The van der Waals surface area contributed by atoms with Gasteiger partial charge in [0, 0.05) is 22.1 Å². The number of fused-ring (bicyclic) bond motifs is 12. The quantitative estimate of drug-likeness (QED) is 0.208. The Kier molecular flexibility index (Phi) is 4.39. The highest BCUT2D eigenvalue weighted by Gasteiger charge is 2.51. The van der Waals surface area contributed by atoms with Crippen LogP contribution in [0.3, 0.4) is 0 Å². The minimum Gasteiger partial charge on any atom is -0.456 e. The molecule has 0 atom stereocenters. The van der Waals surface area contributed by atoms with Gasteiger partial charge in [0.25, 0.3) is 0 Å². The zero-order valence-corrected chi connectivity index (χ0v) is 23.1. The lowest BCUT2D eigenvalue weighted by molar-refractivity contribution is 0.438. The molecule has 0 fully saturated rings. The molecule has 0 saturated heterocycles. The van der Waals surface area contributed by atoms with E-state index in [0.717, 1.165) is 17.1 Å². The molecule has 0 aromatic heterocycles. The Labute approximate surface area is 240 Å². The zero-order chi connectivity index (χ0) is 27.3. The molecule has 6 aromatic rings.